The second-order valence-corrected chi connectivity index (χ2v) is 7.63. The van der Waals surface area contributed by atoms with Crippen molar-refractivity contribution in [2.45, 2.75) is 12.5 Å². The lowest BCUT2D eigenvalue weighted by atomic mass is 9.81. The SMILES string of the molecule is COCC(Cc1ccc(OC)c(OC)c1)C(COC)C(O)c1cc(OC)c2c(c1)OCO2. The zero-order chi connectivity index (χ0) is 23.1. The van der Waals surface area contributed by atoms with Gasteiger partial charge < -0.3 is 38.3 Å². The Morgan fingerprint density at radius 2 is 1.56 bits per heavy atom. The maximum atomic E-state index is 11.4. The van der Waals surface area contributed by atoms with Crippen LogP contribution < -0.4 is 23.7 Å². The molecule has 0 aromatic heterocycles. The van der Waals surface area contributed by atoms with Crippen LogP contribution in [0.2, 0.25) is 0 Å². The van der Waals surface area contributed by atoms with Gasteiger partial charge in [-0.25, -0.2) is 0 Å². The van der Waals surface area contributed by atoms with Gasteiger partial charge in [0.2, 0.25) is 12.5 Å². The molecule has 3 rings (SSSR count). The number of benzene rings is 2. The molecular weight excluding hydrogens is 416 g/mol. The van der Waals surface area contributed by atoms with Gasteiger partial charge in [-0.15, -0.1) is 0 Å². The molecule has 176 valence electrons. The minimum atomic E-state index is -0.835. The van der Waals surface area contributed by atoms with Crippen LogP contribution in [-0.2, 0) is 15.9 Å². The van der Waals surface area contributed by atoms with Crippen LogP contribution in [0, 0.1) is 11.8 Å². The van der Waals surface area contributed by atoms with Crippen LogP contribution in [0.25, 0.3) is 0 Å². The van der Waals surface area contributed by atoms with E-state index < -0.39 is 6.10 Å². The van der Waals surface area contributed by atoms with Gasteiger partial charge in [0, 0.05) is 26.7 Å². The van der Waals surface area contributed by atoms with Crippen LogP contribution in [0.4, 0.5) is 0 Å². The van der Waals surface area contributed by atoms with Gasteiger partial charge in [0.1, 0.15) is 0 Å². The molecule has 1 aliphatic rings. The van der Waals surface area contributed by atoms with Crippen molar-refractivity contribution < 1.29 is 38.3 Å². The third-order valence-electron chi connectivity index (χ3n) is 5.72. The van der Waals surface area contributed by atoms with E-state index in [1.807, 2.05) is 18.2 Å². The lowest BCUT2D eigenvalue weighted by molar-refractivity contribution is -0.00842. The molecule has 0 amide bonds. The fourth-order valence-electron chi connectivity index (χ4n) is 4.10. The smallest absolute Gasteiger partial charge is 0.231 e. The highest BCUT2D eigenvalue weighted by atomic mass is 16.7. The number of methoxy groups -OCH3 is 5. The molecule has 0 bridgehead atoms. The Labute approximate surface area is 188 Å². The number of hydrogen-bond donors (Lipinski definition) is 1. The van der Waals surface area contributed by atoms with Gasteiger partial charge >= 0.3 is 0 Å². The van der Waals surface area contributed by atoms with E-state index in [0.717, 1.165) is 5.56 Å². The second-order valence-electron chi connectivity index (χ2n) is 7.63. The standard InChI is InChI=1S/C24H32O8/c1-26-12-17(8-15-6-7-19(28-3)20(9-15)29-4)18(13-27-2)23(25)16-10-21(30-5)24-22(11-16)31-14-32-24/h6-7,9-11,17-18,23,25H,8,12-14H2,1-5H3. The minimum absolute atomic E-state index is 0.0375. The van der Waals surface area contributed by atoms with Crippen LogP contribution >= 0.6 is 0 Å². The van der Waals surface area contributed by atoms with Crippen LogP contribution in [0.3, 0.4) is 0 Å². The molecule has 1 heterocycles. The Morgan fingerprint density at radius 3 is 2.22 bits per heavy atom. The maximum Gasteiger partial charge on any atom is 0.231 e. The summed E-state index contributed by atoms with van der Waals surface area (Å²) >= 11 is 0. The first-order chi connectivity index (χ1) is 15.6. The lowest BCUT2D eigenvalue weighted by Crippen LogP contribution is -2.31. The summed E-state index contributed by atoms with van der Waals surface area (Å²) in [6, 6.07) is 9.38. The van der Waals surface area contributed by atoms with Gasteiger partial charge in [-0.05, 0) is 47.7 Å². The fraction of sp³-hybridized carbons (Fsp3) is 0.500. The highest BCUT2D eigenvalue weighted by molar-refractivity contribution is 5.55. The Bertz CT molecular complexity index is 885. The molecule has 0 saturated carbocycles. The summed E-state index contributed by atoms with van der Waals surface area (Å²) in [5.74, 6) is 2.66. The highest BCUT2D eigenvalue weighted by Crippen LogP contribution is 2.44. The Hall–Kier alpha value is -2.68. The average molecular weight is 449 g/mol. The second kappa shape index (κ2) is 11.3. The molecule has 0 saturated heterocycles. The number of ether oxygens (including phenoxy) is 7. The average Bonchev–Trinajstić information content (AvgIpc) is 3.30. The summed E-state index contributed by atoms with van der Waals surface area (Å²) < 4.78 is 38.2. The molecule has 3 unspecified atom stereocenters. The Morgan fingerprint density at radius 1 is 0.844 bits per heavy atom. The van der Waals surface area contributed by atoms with Gasteiger partial charge in [-0.1, -0.05) is 6.07 Å². The first kappa shape index (κ1) is 24.0. The first-order valence-corrected chi connectivity index (χ1v) is 10.4. The van der Waals surface area contributed by atoms with Crippen LogP contribution in [0.1, 0.15) is 17.2 Å². The summed E-state index contributed by atoms with van der Waals surface area (Å²) in [5, 5.41) is 11.4. The highest BCUT2D eigenvalue weighted by Gasteiger charge is 2.32. The third-order valence-corrected chi connectivity index (χ3v) is 5.72. The van der Waals surface area contributed by atoms with Crippen molar-refractivity contribution in [3.63, 3.8) is 0 Å². The largest absolute Gasteiger partial charge is 0.493 e. The molecular formula is C24H32O8. The van der Waals surface area contributed by atoms with E-state index >= 15 is 0 Å². The van der Waals surface area contributed by atoms with Gasteiger partial charge in [0.15, 0.2) is 23.0 Å². The predicted molar refractivity (Wildman–Crippen MR) is 118 cm³/mol. The van der Waals surface area contributed by atoms with Crippen molar-refractivity contribution in [1.29, 1.82) is 0 Å². The fourth-order valence-corrected chi connectivity index (χ4v) is 4.10. The van der Waals surface area contributed by atoms with Crippen molar-refractivity contribution in [3.8, 4) is 28.7 Å². The lowest BCUT2D eigenvalue weighted by Gasteiger charge is -2.31. The van der Waals surface area contributed by atoms with E-state index in [4.69, 9.17) is 33.2 Å². The van der Waals surface area contributed by atoms with Crippen molar-refractivity contribution in [2.24, 2.45) is 11.8 Å². The minimum Gasteiger partial charge on any atom is -0.493 e. The van der Waals surface area contributed by atoms with Gasteiger partial charge in [0.25, 0.3) is 0 Å². The third kappa shape index (κ3) is 5.20. The molecule has 0 spiro atoms. The number of hydrogen-bond acceptors (Lipinski definition) is 8. The van der Waals surface area contributed by atoms with Crippen LogP contribution in [-0.4, -0.2) is 60.7 Å². The topological polar surface area (TPSA) is 84.8 Å². The number of aliphatic hydroxyl groups excluding tert-OH is 1. The maximum absolute atomic E-state index is 11.4. The van der Waals surface area contributed by atoms with E-state index in [2.05, 4.69) is 0 Å². The summed E-state index contributed by atoms with van der Waals surface area (Å²) in [5.41, 5.74) is 1.71. The van der Waals surface area contributed by atoms with Crippen LogP contribution in [0.5, 0.6) is 28.7 Å². The van der Waals surface area contributed by atoms with E-state index in [9.17, 15) is 5.11 Å². The van der Waals surface area contributed by atoms with E-state index in [0.29, 0.717) is 53.9 Å². The summed E-state index contributed by atoms with van der Waals surface area (Å²) in [4.78, 5) is 0. The zero-order valence-electron chi connectivity index (χ0n) is 19.3. The van der Waals surface area contributed by atoms with E-state index in [1.165, 1.54) is 0 Å². The quantitative estimate of drug-likeness (QED) is 0.530. The molecule has 3 atom stereocenters. The molecule has 8 nitrogen and oxygen atoms in total. The molecule has 32 heavy (non-hydrogen) atoms. The van der Waals surface area contributed by atoms with Gasteiger partial charge in [-0.2, -0.15) is 0 Å². The van der Waals surface area contributed by atoms with Crippen molar-refractivity contribution >= 4 is 0 Å². The van der Waals surface area contributed by atoms with Crippen molar-refractivity contribution in [3.05, 3.63) is 41.5 Å². The van der Waals surface area contributed by atoms with Crippen molar-refractivity contribution in [1.82, 2.24) is 0 Å². The van der Waals surface area contributed by atoms with Gasteiger partial charge in [-0.3, -0.25) is 0 Å². The van der Waals surface area contributed by atoms with Gasteiger partial charge in [0.05, 0.1) is 34.0 Å². The van der Waals surface area contributed by atoms with Crippen LogP contribution in [0.15, 0.2) is 30.3 Å². The Kier molecular flexibility index (Phi) is 8.44. The molecule has 8 heteroatoms. The van der Waals surface area contributed by atoms with E-state index in [-0.39, 0.29) is 18.6 Å². The number of aliphatic hydroxyl groups is 1. The number of fused-ring (bicyclic) bond motifs is 1. The molecule has 2 aromatic carbocycles. The number of rotatable bonds is 12. The molecule has 0 aliphatic carbocycles. The monoisotopic (exact) mass is 448 g/mol. The molecule has 1 aliphatic heterocycles. The molecule has 1 N–H and O–H groups in total. The first-order valence-electron chi connectivity index (χ1n) is 10.4. The molecule has 2 aromatic rings. The van der Waals surface area contributed by atoms with Crippen molar-refractivity contribution in [2.75, 3.05) is 55.6 Å². The van der Waals surface area contributed by atoms with E-state index in [1.54, 1.807) is 47.7 Å². The molecule has 0 fully saturated rings. The zero-order valence-corrected chi connectivity index (χ0v) is 19.3. The normalized spacial score (nSPS) is 15.2. The predicted octanol–water partition coefficient (Wildman–Crippen LogP) is 3.24. The Balaban J connectivity index is 1.90. The summed E-state index contributed by atoms with van der Waals surface area (Å²) in [6.07, 6.45) is -0.181. The summed E-state index contributed by atoms with van der Waals surface area (Å²) in [7, 11) is 8.06. The summed E-state index contributed by atoms with van der Waals surface area (Å²) in [6.45, 7) is 0.915. The molecule has 0 radical (unpaired) electrons.